The van der Waals surface area contributed by atoms with E-state index in [1.165, 1.54) is 24.6 Å². The number of benzene rings is 1. The first-order valence-corrected chi connectivity index (χ1v) is 9.34. The standard InChI is InChI=1S/C18H15ClF3N3O2S/c1-8-10(3)28-16-14(8)17(27)25(7-23-16)9(2)15(26)24-13-6-11(18(20,21)22)4-5-12(13)19/h4-7,9H,1-3H3,(H,24,26). The molecule has 5 nitrogen and oxygen atoms in total. The molecule has 0 aliphatic rings. The molecule has 0 radical (unpaired) electrons. The third-order valence-electron chi connectivity index (χ3n) is 4.46. The number of anilines is 1. The monoisotopic (exact) mass is 429 g/mol. The highest BCUT2D eigenvalue weighted by Crippen LogP contribution is 2.34. The molecule has 0 spiro atoms. The number of halogens is 4. The van der Waals surface area contributed by atoms with Crippen molar-refractivity contribution in [2.24, 2.45) is 0 Å². The van der Waals surface area contributed by atoms with Crippen LogP contribution in [0.3, 0.4) is 0 Å². The lowest BCUT2D eigenvalue weighted by molar-refractivity contribution is -0.137. The highest BCUT2D eigenvalue weighted by molar-refractivity contribution is 7.18. The molecule has 1 aromatic carbocycles. The van der Waals surface area contributed by atoms with E-state index in [-0.39, 0.29) is 16.3 Å². The van der Waals surface area contributed by atoms with E-state index in [0.717, 1.165) is 33.2 Å². The van der Waals surface area contributed by atoms with Gasteiger partial charge in [-0.1, -0.05) is 11.6 Å². The second-order valence-corrected chi connectivity index (χ2v) is 7.89. The van der Waals surface area contributed by atoms with Crippen molar-refractivity contribution in [3.63, 3.8) is 0 Å². The first-order chi connectivity index (χ1) is 13.0. The van der Waals surface area contributed by atoms with Gasteiger partial charge in [0.05, 0.1) is 28.0 Å². The Labute approximate surface area is 166 Å². The first kappa shape index (κ1) is 20.3. The quantitative estimate of drug-likeness (QED) is 0.641. The average Bonchev–Trinajstić information content (AvgIpc) is 2.90. The summed E-state index contributed by atoms with van der Waals surface area (Å²) in [4.78, 5) is 31.1. The van der Waals surface area contributed by atoms with Crippen molar-refractivity contribution in [1.82, 2.24) is 9.55 Å². The molecule has 1 atom stereocenters. The minimum Gasteiger partial charge on any atom is -0.323 e. The van der Waals surface area contributed by atoms with Gasteiger partial charge in [-0.25, -0.2) is 4.98 Å². The number of carbonyl (C=O) groups excluding carboxylic acids is 1. The van der Waals surface area contributed by atoms with Gasteiger partial charge in [-0.05, 0) is 44.5 Å². The van der Waals surface area contributed by atoms with Crippen molar-refractivity contribution in [3.05, 3.63) is 55.9 Å². The normalized spacial score (nSPS) is 13.0. The Morgan fingerprint density at radius 3 is 2.64 bits per heavy atom. The molecular weight excluding hydrogens is 415 g/mol. The molecule has 0 saturated carbocycles. The van der Waals surface area contributed by atoms with Crippen LogP contribution in [-0.2, 0) is 11.0 Å². The van der Waals surface area contributed by atoms with Gasteiger partial charge in [0.15, 0.2) is 0 Å². The Balaban J connectivity index is 1.94. The molecule has 10 heteroatoms. The zero-order valence-corrected chi connectivity index (χ0v) is 16.6. The summed E-state index contributed by atoms with van der Waals surface area (Å²) in [5, 5.41) is 2.75. The Bertz CT molecular complexity index is 1140. The Hall–Kier alpha value is -2.39. The predicted octanol–water partition coefficient (Wildman–Crippen LogP) is 4.95. The molecule has 3 rings (SSSR count). The Kier molecular flexibility index (Phi) is 5.24. The van der Waals surface area contributed by atoms with Gasteiger partial charge in [0.25, 0.3) is 5.56 Å². The number of nitrogens with one attached hydrogen (secondary N) is 1. The molecule has 0 aliphatic heterocycles. The maximum Gasteiger partial charge on any atom is 0.416 e. The van der Waals surface area contributed by atoms with Gasteiger partial charge >= 0.3 is 6.18 Å². The number of nitrogens with zero attached hydrogens (tertiary/aromatic N) is 2. The van der Waals surface area contributed by atoms with Gasteiger partial charge in [0.1, 0.15) is 10.9 Å². The van der Waals surface area contributed by atoms with E-state index < -0.39 is 23.7 Å². The van der Waals surface area contributed by atoms with E-state index >= 15 is 0 Å². The molecule has 28 heavy (non-hydrogen) atoms. The third kappa shape index (κ3) is 3.64. The van der Waals surface area contributed by atoms with Gasteiger partial charge in [0.2, 0.25) is 5.91 Å². The summed E-state index contributed by atoms with van der Waals surface area (Å²) in [6, 6.07) is 1.63. The summed E-state index contributed by atoms with van der Waals surface area (Å²) in [7, 11) is 0. The van der Waals surface area contributed by atoms with Crippen LogP contribution in [0.2, 0.25) is 5.02 Å². The minimum atomic E-state index is -4.57. The maximum absolute atomic E-state index is 12.9. The van der Waals surface area contributed by atoms with Gasteiger partial charge in [0, 0.05) is 4.88 Å². The molecule has 1 amide bonds. The van der Waals surface area contributed by atoms with Crippen LogP contribution in [0.15, 0.2) is 29.3 Å². The summed E-state index contributed by atoms with van der Waals surface area (Å²) in [6.07, 6.45) is -3.31. The number of carbonyl (C=O) groups is 1. The zero-order chi connectivity index (χ0) is 20.8. The topological polar surface area (TPSA) is 64.0 Å². The van der Waals surface area contributed by atoms with Crippen LogP contribution < -0.4 is 10.9 Å². The van der Waals surface area contributed by atoms with E-state index in [9.17, 15) is 22.8 Å². The zero-order valence-electron chi connectivity index (χ0n) is 15.0. The summed E-state index contributed by atoms with van der Waals surface area (Å²) in [5.41, 5.74) is -0.715. The van der Waals surface area contributed by atoms with Crippen LogP contribution in [0.5, 0.6) is 0 Å². The van der Waals surface area contributed by atoms with Crippen LogP contribution in [0.25, 0.3) is 10.2 Å². The summed E-state index contributed by atoms with van der Waals surface area (Å²) < 4.78 is 39.8. The van der Waals surface area contributed by atoms with E-state index in [1.807, 2.05) is 6.92 Å². The fourth-order valence-corrected chi connectivity index (χ4v) is 3.84. The van der Waals surface area contributed by atoms with E-state index in [2.05, 4.69) is 10.3 Å². The number of alkyl halides is 3. The van der Waals surface area contributed by atoms with Gasteiger partial charge in [-0.2, -0.15) is 13.2 Å². The van der Waals surface area contributed by atoms with Crippen molar-refractivity contribution >= 4 is 44.7 Å². The van der Waals surface area contributed by atoms with Crippen LogP contribution in [-0.4, -0.2) is 15.5 Å². The number of aromatic nitrogens is 2. The molecule has 1 unspecified atom stereocenters. The van der Waals surface area contributed by atoms with Gasteiger partial charge in [-0.15, -0.1) is 11.3 Å². The molecule has 1 N–H and O–H groups in total. The van der Waals surface area contributed by atoms with Crippen LogP contribution in [0.1, 0.15) is 29.0 Å². The van der Waals surface area contributed by atoms with Crippen molar-refractivity contribution in [2.45, 2.75) is 33.0 Å². The van der Waals surface area contributed by atoms with Crippen LogP contribution in [0.4, 0.5) is 18.9 Å². The lowest BCUT2D eigenvalue weighted by Crippen LogP contribution is -2.32. The number of amides is 1. The molecule has 0 bridgehead atoms. The number of hydrogen-bond donors (Lipinski definition) is 1. The Morgan fingerprint density at radius 2 is 2.00 bits per heavy atom. The molecule has 2 aromatic heterocycles. The number of hydrogen-bond acceptors (Lipinski definition) is 4. The van der Waals surface area contributed by atoms with Crippen molar-refractivity contribution < 1.29 is 18.0 Å². The number of fused-ring (bicyclic) bond motifs is 1. The SMILES string of the molecule is Cc1sc2ncn(C(C)C(=O)Nc3cc(C(F)(F)F)ccc3Cl)c(=O)c2c1C. The molecular formula is C18H15ClF3N3O2S. The van der Waals surface area contributed by atoms with Gasteiger partial charge < -0.3 is 5.32 Å². The summed E-state index contributed by atoms with van der Waals surface area (Å²) in [5.74, 6) is -0.686. The van der Waals surface area contributed by atoms with Gasteiger partial charge in [-0.3, -0.25) is 14.2 Å². The van der Waals surface area contributed by atoms with Crippen LogP contribution in [0, 0.1) is 13.8 Å². The van der Waals surface area contributed by atoms with Crippen molar-refractivity contribution in [2.75, 3.05) is 5.32 Å². The van der Waals surface area contributed by atoms with E-state index in [0.29, 0.717) is 10.2 Å². The molecule has 0 fully saturated rings. The summed E-state index contributed by atoms with van der Waals surface area (Å²) in [6.45, 7) is 5.13. The highest BCUT2D eigenvalue weighted by atomic mass is 35.5. The Morgan fingerprint density at radius 1 is 1.32 bits per heavy atom. The highest BCUT2D eigenvalue weighted by Gasteiger charge is 2.31. The van der Waals surface area contributed by atoms with E-state index in [4.69, 9.17) is 11.6 Å². The minimum absolute atomic E-state index is 0.0428. The predicted molar refractivity (Wildman–Crippen MR) is 103 cm³/mol. The maximum atomic E-state index is 12.9. The number of rotatable bonds is 3. The summed E-state index contributed by atoms with van der Waals surface area (Å²) >= 11 is 7.29. The molecule has 2 heterocycles. The second kappa shape index (κ2) is 7.21. The number of aryl methyl sites for hydroxylation is 2. The molecule has 3 aromatic rings. The lowest BCUT2D eigenvalue weighted by atomic mass is 10.2. The second-order valence-electron chi connectivity index (χ2n) is 6.28. The van der Waals surface area contributed by atoms with Crippen molar-refractivity contribution in [3.8, 4) is 0 Å². The van der Waals surface area contributed by atoms with Crippen molar-refractivity contribution in [1.29, 1.82) is 0 Å². The molecule has 148 valence electrons. The first-order valence-electron chi connectivity index (χ1n) is 8.15. The largest absolute Gasteiger partial charge is 0.416 e. The third-order valence-corrected chi connectivity index (χ3v) is 5.91. The van der Waals surface area contributed by atoms with Crippen LogP contribution >= 0.6 is 22.9 Å². The fourth-order valence-electron chi connectivity index (χ4n) is 2.68. The molecule has 0 saturated heterocycles. The lowest BCUT2D eigenvalue weighted by Gasteiger charge is -2.16. The number of thiophene rings is 1. The molecule has 0 aliphatic carbocycles. The average molecular weight is 430 g/mol. The van der Waals surface area contributed by atoms with E-state index in [1.54, 1.807) is 6.92 Å². The fraction of sp³-hybridized carbons (Fsp3) is 0.278. The smallest absolute Gasteiger partial charge is 0.323 e.